The molecule has 174 valence electrons. The lowest BCUT2D eigenvalue weighted by molar-refractivity contribution is 0.393. The monoisotopic (exact) mass is 483 g/mol. The van der Waals surface area contributed by atoms with Crippen LogP contribution >= 0.6 is 11.8 Å². The van der Waals surface area contributed by atoms with Crippen molar-refractivity contribution < 1.29 is 9.26 Å². The van der Waals surface area contributed by atoms with Crippen LogP contribution in [0.2, 0.25) is 0 Å². The van der Waals surface area contributed by atoms with Gasteiger partial charge in [0.05, 0.1) is 30.1 Å². The molecule has 0 fully saturated rings. The zero-order valence-corrected chi connectivity index (χ0v) is 20.4. The lowest BCUT2D eigenvalue weighted by atomic mass is 10.0. The van der Waals surface area contributed by atoms with E-state index in [1.54, 1.807) is 11.8 Å². The number of fused-ring (bicyclic) bond motifs is 2. The lowest BCUT2D eigenvalue weighted by Crippen LogP contribution is -1.94. The second-order valence-corrected chi connectivity index (χ2v) is 9.26. The van der Waals surface area contributed by atoms with Crippen LogP contribution in [0.4, 0.5) is 0 Å². The number of pyridine rings is 2. The quantitative estimate of drug-likeness (QED) is 0.334. The minimum absolute atomic E-state index is 0.729. The molecule has 5 aromatic heterocycles. The second-order valence-electron chi connectivity index (χ2n) is 8.22. The number of ether oxygens (including phenoxy) is 1. The molecule has 0 aliphatic carbocycles. The van der Waals surface area contributed by atoms with Gasteiger partial charge >= 0.3 is 0 Å². The number of hydrogen-bond donors (Lipinski definition) is 0. The predicted octanol–water partition coefficient (Wildman–Crippen LogP) is 5.11. The Bertz CT molecular complexity index is 1700. The fourth-order valence-corrected chi connectivity index (χ4v) is 5.11. The highest BCUT2D eigenvalue weighted by Crippen LogP contribution is 2.40. The van der Waals surface area contributed by atoms with E-state index < -0.39 is 0 Å². The summed E-state index contributed by atoms with van der Waals surface area (Å²) in [5.41, 5.74) is 6.25. The van der Waals surface area contributed by atoms with E-state index in [9.17, 15) is 0 Å². The third-order valence-electron chi connectivity index (χ3n) is 5.92. The van der Waals surface area contributed by atoms with Gasteiger partial charge in [-0.2, -0.15) is 5.10 Å². The van der Waals surface area contributed by atoms with Crippen LogP contribution in [0.5, 0.6) is 5.75 Å². The van der Waals surface area contributed by atoms with Crippen molar-refractivity contribution in [2.45, 2.75) is 23.9 Å². The number of aromatic nitrogens is 7. The fraction of sp³-hybridized carbons (Fsp3) is 0.160. The Balaban J connectivity index is 1.42. The van der Waals surface area contributed by atoms with Crippen LogP contribution in [0.15, 0.2) is 69.7 Å². The molecule has 1 aromatic carbocycles. The van der Waals surface area contributed by atoms with E-state index in [0.717, 1.165) is 66.1 Å². The first-order valence-corrected chi connectivity index (χ1v) is 11.7. The van der Waals surface area contributed by atoms with Crippen molar-refractivity contribution in [2.75, 3.05) is 7.11 Å². The van der Waals surface area contributed by atoms with Crippen LogP contribution in [-0.4, -0.2) is 41.6 Å². The molecule has 0 bridgehead atoms. The van der Waals surface area contributed by atoms with E-state index in [4.69, 9.17) is 9.26 Å². The number of benzene rings is 1. The van der Waals surface area contributed by atoms with Gasteiger partial charge < -0.3 is 9.26 Å². The van der Waals surface area contributed by atoms with Gasteiger partial charge in [-0.3, -0.25) is 14.1 Å². The molecule has 0 N–H and O–H groups in total. The summed E-state index contributed by atoms with van der Waals surface area (Å²) < 4.78 is 15.0. The van der Waals surface area contributed by atoms with Gasteiger partial charge in [0.15, 0.2) is 10.8 Å². The third kappa shape index (κ3) is 3.62. The maximum atomic E-state index is 5.86. The molecular formula is C25H21N7O2S. The van der Waals surface area contributed by atoms with Crippen LogP contribution < -0.4 is 4.74 Å². The normalized spacial score (nSPS) is 11.5. The summed E-state index contributed by atoms with van der Waals surface area (Å²) in [7, 11) is 3.57. The van der Waals surface area contributed by atoms with Gasteiger partial charge in [0.1, 0.15) is 11.5 Å². The Morgan fingerprint density at radius 1 is 1.00 bits per heavy atom. The van der Waals surface area contributed by atoms with E-state index >= 15 is 0 Å². The summed E-state index contributed by atoms with van der Waals surface area (Å²) >= 11 is 1.53. The number of nitrogens with zero attached hydrogens (tertiary/aromatic N) is 7. The second kappa shape index (κ2) is 8.24. The minimum atomic E-state index is 0.729. The molecular weight excluding hydrogens is 462 g/mol. The van der Waals surface area contributed by atoms with Crippen molar-refractivity contribution >= 4 is 28.3 Å². The van der Waals surface area contributed by atoms with Gasteiger partial charge in [0.2, 0.25) is 0 Å². The zero-order valence-electron chi connectivity index (χ0n) is 19.6. The van der Waals surface area contributed by atoms with Crippen molar-refractivity contribution in [1.82, 2.24) is 34.5 Å². The molecule has 6 aromatic rings. The number of rotatable bonds is 5. The Morgan fingerprint density at radius 2 is 1.89 bits per heavy atom. The maximum absolute atomic E-state index is 5.86. The van der Waals surface area contributed by atoms with Crippen molar-refractivity contribution in [3.05, 3.63) is 66.6 Å². The van der Waals surface area contributed by atoms with Gasteiger partial charge in [-0.1, -0.05) is 5.16 Å². The SMILES string of the molecule is COc1c(-c2c(C)noc2C)cnc2ccc(Sc3nnc4ccc(-c5cnn(C)c5)cn34)cc12. The van der Waals surface area contributed by atoms with E-state index in [0.29, 0.717) is 0 Å². The highest BCUT2D eigenvalue weighted by molar-refractivity contribution is 7.99. The Labute approximate surface area is 204 Å². The molecule has 0 saturated heterocycles. The molecule has 0 spiro atoms. The average molecular weight is 484 g/mol. The first-order valence-electron chi connectivity index (χ1n) is 10.9. The summed E-state index contributed by atoms with van der Waals surface area (Å²) in [6, 6.07) is 10.1. The molecule has 0 saturated carbocycles. The van der Waals surface area contributed by atoms with Crippen molar-refractivity contribution in [3.63, 3.8) is 0 Å². The lowest BCUT2D eigenvalue weighted by Gasteiger charge is -2.12. The third-order valence-corrected chi connectivity index (χ3v) is 6.87. The number of hydrogen-bond acceptors (Lipinski definition) is 8. The molecule has 5 heterocycles. The molecule has 6 rings (SSSR count). The highest BCUT2D eigenvalue weighted by atomic mass is 32.2. The van der Waals surface area contributed by atoms with Crippen LogP contribution in [-0.2, 0) is 7.05 Å². The molecule has 0 unspecified atom stereocenters. The molecule has 0 aliphatic rings. The van der Waals surface area contributed by atoms with Gasteiger partial charge in [-0.15, -0.1) is 10.2 Å². The molecule has 10 heteroatoms. The molecule has 0 aliphatic heterocycles. The van der Waals surface area contributed by atoms with Gasteiger partial charge in [0, 0.05) is 52.6 Å². The molecule has 35 heavy (non-hydrogen) atoms. The van der Waals surface area contributed by atoms with Crippen molar-refractivity contribution in [3.8, 4) is 28.0 Å². The Hall–Kier alpha value is -4.18. The summed E-state index contributed by atoms with van der Waals surface area (Å²) in [5.74, 6) is 1.46. The van der Waals surface area contributed by atoms with E-state index in [1.165, 1.54) is 11.8 Å². The van der Waals surface area contributed by atoms with Crippen molar-refractivity contribution in [2.24, 2.45) is 7.05 Å². The van der Waals surface area contributed by atoms with Crippen LogP contribution in [0.1, 0.15) is 11.5 Å². The number of methoxy groups -OCH3 is 1. The highest BCUT2D eigenvalue weighted by Gasteiger charge is 2.19. The molecule has 9 nitrogen and oxygen atoms in total. The molecule has 0 atom stereocenters. The first-order chi connectivity index (χ1) is 17.0. The fourth-order valence-electron chi connectivity index (χ4n) is 4.26. The summed E-state index contributed by atoms with van der Waals surface area (Å²) in [4.78, 5) is 5.66. The topological polar surface area (TPSA) is 96.2 Å². The van der Waals surface area contributed by atoms with E-state index in [2.05, 4.69) is 31.5 Å². The van der Waals surface area contributed by atoms with Gasteiger partial charge in [-0.25, -0.2) is 0 Å². The zero-order chi connectivity index (χ0) is 24.1. The molecule has 0 amide bonds. The maximum Gasteiger partial charge on any atom is 0.200 e. The summed E-state index contributed by atoms with van der Waals surface area (Å²) in [5, 5.41) is 18.8. The van der Waals surface area contributed by atoms with Crippen LogP contribution in [0.3, 0.4) is 0 Å². The standard InChI is InChI=1S/C25H21N7O2S/c1-14-23(15(2)34-30-14)20-11-26-21-7-6-18(9-19(21)24(20)33-4)35-25-29-28-22-8-5-16(13-32(22)25)17-10-27-31(3)12-17/h5-13H,1-4H3. The van der Waals surface area contributed by atoms with Crippen LogP contribution in [0.25, 0.3) is 38.8 Å². The largest absolute Gasteiger partial charge is 0.495 e. The summed E-state index contributed by atoms with van der Waals surface area (Å²) in [6.45, 7) is 3.80. The molecule has 0 radical (unpaired) electrons. The predicted molar refractivity (Wildman–Crippen MR) is 133 cm³/mol. The first kappa shape index (κ1) is 21.4. The minimum Gasteiger partial charge on any atom is -0.495 e. The smallest absolute Gasteiger partial charge is 0.200 e. The van der Waals surface area contributed by atoms with E-state index in [-0.39, 0.29) is 0 Å². The van der Waals surface area contributed by atoms with E-state index in [1.807, 2.05) is 74.3 Å². The Kier molecular flexibility index (Phi) is 5.03. The summed E-state index contributed by atoms with van der Waals surface area (Å²) in [6.07, 6.45) is 7.68. The van der Waals surface area contributed by atoms with Gasteiger partial charge in [-0.05, 0) is 55.9 Å². The Morgan fingerprint density at radius 3 is 2.63 bits per heavy atom. The van der Waals surface area contributed by atoms with Crippen LogP contribution in [0, 0.1) is 13.8 Å². The average Bonchev–Trinajstić information content (AvgIpc) is 3.57. The number of aryl methyl sites for hydroxylation is 3. The van der Waals surface area contributed by atoms with Crippen molar-refractivity contribution in [1.29, 1.82) is 0 Å². The van der Waals surface area contributed by atoms with Gasteiger partial charge in [0.25, 0.3) is 0 Å².